The third kappa shape index (κ3) is 4.60. The topological polar surface area (TPSA) is 59.0 Å². The number of halogens is 1. The molecule has 1 aromatic carbocycles. The molecule has 0 fully saturated rings. The highest BCUT2D eigenvalue weighted by molar-refractivity contribution is 7.80. The van der Waals surface area contributed by atoms with Crippen molar-refractivity contribution in [3.8, 4) is 0 Å². The van der Waals surface area contributed by atoms with Gasteiger partial charge in [0.1, 0.15) is 4.99 Å². The minimum absolute atomic E-state index is 0. The molecule has 0 aliphatic rings. The maximum absolute atomic E-state index is 11.9. The molecule has 0 radical (unpaired) electrons. The minimum Gasteiger partial charge on any atom is -1.00 e. The van der Waals surface area contributed by atoms with E-state index >= 15 is 0 Å². The van der Waals surface area contributed by atoms with E-state index in [-0.39, 0.29) is 24.9 Å². The predicted molar refractivity (Wildman–Crippen MR) is 77.6 cm³/mol. The molecule has 2 rings (SSSR count). The molecule has 0 unspecified atom stereocenters. The maximum atomic E-state index is 11.9. The summed E-state index contributed by atoms with van der Waals surface area (Å²) in [5.74, 6) is -0.101. The number of carbonyl (C=O) groups excluding carboxylic acids is 1. The number of hydrogen-bond acceptors (Lipinski definition) is 2. The summed E-state index contributed by atoms with van der Waals surface area (Å²) in [4.78, 5) is 12.2. The molecule has 0 saturated heterocycles. The van der Waals surface area contributed by atoms with Gasteiger partial charge in [0.25, 0.3) is 5.91 Å². The number of benzene rings is 1. The zero-order valence-electron chi connectivity index (χ0n) is 10.6. The summed E-state index contributed by atoms with van der Waals surface area (Å²) in [6.45, 7) is 0.262. The van der Waals surface area contributed by atoms with Crippen molar-refractivity contribution >= 4 is 28.8 Å². The molecular weight excluding hydrogens is 294 g/mol. The number of pyridine rings is 1. The number of thiocarbonyl (C=S) groups is 1. The second-order valence-corrected chi connectivity index (χ2v) is 4.48. The van der Waals surface area contributed by atoms with Gasteiger partial charge in [-0.05, 0) is 12.1 Å². The maximum Gasteiger partial charge on any atom is 0.290 e. The van der Waals surface area contributed by atoms with Gasteiger partial charge in [0.2, 0.25) is 6.54 Å². The summed E-state index contributed by atoms with van der Waals surface area (Å²) < 4.78 is 1.80. The van der Waals surface area contributed by atoms with E-state index in [1.807, 2.05) is 36.7 Å². The van der Waals surface area contributed by atoms with Crippen molar-refractivity contribution in [2.75, 3.05) is 5.32 Å². The van der Waals surface area contributed by atoms with Crippen molar-refractivity contribution in [1.29, 1.82) is 0 Å². The van der Waals surface area contributed by atoms with E-state index in [4.69, 9.17) is 18.0 Å². The largest absolute Gasteiger partial charge is 1.00 e. The van der Waals surface area contributed by atoms with Gasteiger partial charge in [-0.15, -0.1) is 0 Å². The Morgan fingerprint density at radius 2 is 1.90 bits per heavy atom. The molecule has 1 heterocycles. The van der Waals surface area contributed by atoms with Gasteiger partial charge in [0.05, 0.1) is 0 Å². The summed E-state index contributed by atoms with van der Waals surface area (Å²) in [7, 11) is 0. The second kappa shape index (κ2) is 7.57. The highest BCUT2D eigenvalue weighted by Crippen LogP contribution is 2.10. The van der Waals surface area contributed by atoms with Crippen LogP contribution in [-0.2, 0) is 11.3 Å². The highest BCUT2D eigenvalue weighted by Gasteiger charge is 2.09. The predicted octanol–water partition coefficient (Wildman–Crippen LogP) is -1.75. The third-order valence-electron chi connectivity index (χ3n) is 2.53. The average molecular weight is 308 g/mol. The molecule has 0 spiro atoms. The molecule has 1 amide bonds. The van der Waals surface area contributed by atoms with Crippen LogP contribution in [0.3, 0.4) is 0 Å². The molecule has 3 N–H and O–H groups in total. The Labute approximate surface area is 129 Å². The van der Waals surface area contributed by atoms with Gasteiger partial charge in [-0.3, -0.25) is 4.79 Å². The van der Waals surface area contributed by atoms with Crippen molar-refractivity contribution in [2.24, 2.45) is 5.73 Å². The fourth-order valence-electron chi connectivity index (χ4n) is 1.66. The number of nitrogens with one attached hydrogen (secondary N) is 1. The number of nitrogens with zero attached hydrogens (tertiary/aromatic N) is 1. The van der Waals surface area contributed by atoms with Crippen LogP contribution in [0.1, 0.15) is 5.56 Å². The lowest BCUT2D eigenvalue weighted by Crippen LogP contribution is -3.00. The van der Waals surface area contributed by atoms with Gasteiger partial charge in [-0.1, -0.05) is 30.4 Å². The van der Waals surface area contributed by atoms with E-state index in [1.165, 1.54) is 0 Å². The van der Waals surface area contributed by atoms with E-state index in [0.29, 0.717) is 10.7 Å². The second-order valence-electron chi connectivity index (χ2n) is 4.04. The zero-order chi connectivity index (χ0) is 13.7. The van der Waals surface area contributed by atoms with Crippen LogP contribution < -0.4 is 28.0 Å². The quantitative estimate of drug-likeness (QED) is 0.520. The first-order valence-corrected chi connectivity index (χ1v) is 6.20. The number of carbonyl (C=O) groups is 1. The average Bonchev–Trinajstić information content (AvgIpc) is 2.40. The molecule has 2 aromatic rings. The molecular formula is C14H14ClN3OS. The first-order chi connectivity index (χ1) is 9.15. The van der Waals surface area contributed by atoms with E-state index in [9.17, 15) is 4.79 Å². The summed E-state index contributed by atoms with van der Waals surface area (Å²) in [6.07, 6.45) is 3.68. The van der Waals surface area contributed by atoms with Crippen LogP contribution in [0.15, 0.2) is 54.9 Å². The van der Waals surface area contributed by atoms with Crippen LogP contribution in [0, 0.1) is 0 Å². The van der Waals surface area contributed by atoms with E-state index < -0.39 is 0 Å². The Kier molecular flexibility index (Phi) is 6.09. The molecule has 0 bridgehead atoms. The van der Waals surface area contributed by atoms with Crippen molar-refractivity contribution in [3.63, 3.8) is 0 Å². The fraction of sp³-hybridized carbons (Fsp3) is 0.0714. The molecule has 0 saturated carbocycles. The van der Waals surface area contributed by atoms with Crippen molar-refractivity contribution < 1.29 is 21.8 Å². The van der Waals surface area contributed by atoms with E-state index in [2.05, 4.69) is 5.32 Å². The fourth-order valence-corrected chi connectivity index (χ4v) is 1.78. The Morgan fingerprint density at radius 1 is 1.20 bits per heavy atom. The van der Waals surface area contributed by atoms with Crippen LogP contribution >= 0.6 is 12.2 Å². The summed E-state index contributed by atoms with van der Waals surface area (Å²) in [5, 5.41) is 2.81. The number of hydrogen-bond donors (Lipinski definition) is 2. The molecule has 0 atom stereocenters. The third-order valence-corrected chi connectivity index (χ3v) is 2.77. The molecule has 6 heteroatoms. The summed E-state index contributed by atoms with van der Waals surface area (Å²) >= 11 is 4.90. The van der Waals surface area contributed by atoms with Gasteiger partial charge >= 0.3 is 0 Å². The smallest absolute Gasteiger partial charge is 0.290 e. The molecule has 20 heavy (non-hydrogen) atoms. The van der Waals surface area contributed by atoms with Crippen molar-refractivity contribution in [1.82, 2.24) is 0 Å². The Hall–Kier alpha value is -1.98. The number of amides is 1. The monoisotopic (exact) mass is 307 g/mol. The summed E-state index contributed by atoms with van der Waals surface area (Å²) in [6, 6.07) is 12.8. The number of rotatable bonds is 4. The van der Waals surface area contributed by atoms with E-state index in [0.717, 1.165) is 5.56 Å². The van der Waals surface area contributed by atoms with Crippen LogP contribution in [0.5, 0.6) is 0 Å². The van der Waals surface area contributed by atoms with Crippen LogP contribution in [-0.4, -0.2) is 10.9 Å². The Morgan fingerprint density at radius 3 is 2.55 bits per heavy atom. The highest BCUT2D eigenvalue weighted by atomic mass is 35.5. The van der Waals surface area contributed by atoms with Gasteiger partial charge in [0.15, 0.2) is 12.4 Å². The van der Waals surface area contributed by atoms with Gasteiger partial charge in [-0.2, -0.15) is 4.57 Å². The molecule has 0 aliphatic heterocycles. The lowest BCUT2D eigenvalue weighted by atomic mass is 10.2. The lowest BCUT2D eigenvalue weighted by Gasteiger charge is -2.05. The molecule has 104 valence electrons. The normalized spacial score (nSPS) is 9.40. The van der Waals surface area contributed by atoms with Crippen molar-refractivity contribution in [2.45, 2.75) is 6.54 Å². The van der Waals surface area contributed by atoms with Crippen LogP contribution in [0.2, 0.25) is 0 Å². The van der Waals surface area contributed by atoms with Gasteiger partial charge < -0.3 is 23.5 Å². The molecule has 1 aromatic heterocycles. The van der Waals surface area contributed by atoms with Gasteiger partial charge in [-0.25, -0.2) is 0 Å². The van der Waals surface area contributed by atoms with E-state index in [1.54, 1.807) is 22.8 Å². The first kappa shape index (κ1) is 16.1. The number of nitrogens with two attached hydrogens (primary N) is 1. The summed E-state index contributed by atoms with van der Waals surface area (Å²) in [5.41, 5.74) is 6.97. The standard InChI is InChI=1S/C14H13N3OS.ClH/c15-14(19)11-5-4-6-12(9-11)16-13(18)10-17-7-2-1-3-8-17;/h1-9H,10H2,(H2-,15,16,18,19);1H. The molecule has 0 aliphatic carbocycles. The Bertz CT molecular complexity index is 604. The zero-order valence-corrected chi connectivity index (χ0v) is 12.2. The van der Waals surface area contributed by atoms with Crippen LogP contribution in [0.25, 0.3) is 0 Å². The first-order valence-electron chi connectivity index (χ1n) is 5.79. The van der Waals surface area contributed by atoms with Gasteiger partial charge in [0, 0.05) is 23.4 Å². The van der Waals surface area contributed by atoms with Crippen molar-refractivity contribution in [3.05, 3.63) is 60.4 Å². The Balaban J connectivity index is 0.00000200. The minimum atomic E-state index is -0.101. The lowest BCUT2D eigenvalue weighted by molar-refractivity contribution is -0.684. The SMILES string of the molecule is NC(=S)c1cccc(NC(=O)C[n+]2ccccc2)c1.[Cl-]. The molecule has 4 nitrogen and oxygen atoms in total. The number of anilines is 1. The van der Waals surface area contributed by atoms with Crippen LogP contribution in [0.4, 0.5) is 5.69 Å². The number of aromatic nitrogens is 1.